The van der Waals surface area contributed by atoms with Crippen molar-refractivity contribution >= 4 is 0 Å². The van der Waals surface area contributed by atoms with Gasteiger partial charge in [-0.05, 0) is 51.5 Å². The van der Waals surface area contributed by atoms with E-state index in [1.807, 2.05) is 0 Å². The SMILES string of the molecule is CCOCCC1CC(CC)CCC1NC. The summed E-state index contributed by atoms with van der Waals surface area (Å²) in [4.78, 5) is 0. The molecule has 2 heteroatoms. The molecule has 2 nitrogen and oxygen atoms in total. The van der Waals surface area contributed by atoms with Crippen LogP contribution in [0.15, 0.2) is 0 Å². The second kappa shape index (κ2) is 7.24. The predicted octanol–water partition coefficient (Wildman–Crippen LogP) is 2.83. The zero-order chi connectivity index (χ0) is 11.1. The quantitative estimate of drug-likeness (QED) is 0.685. The molecule has 1 aliphatic rings. The van der Waals surface area contributed by atoms with Crippen LogP contribution in [0.5, 0.6) is 0 Å². The van der Waals surface area contributed by atoms with Gasteiger partial charge in [-0.15, -0.1) is 0 Å². The highest BCUT2D eigenvalue weighted by Gasteiger charge is 2.28. The lowest BCUT2D eigenvalue weighted by Crippen LogP contribution is -2.39. The lowest BCUT2D eigenvalue weighted by molar-refractivity contribution is 0.105. The van der Waals surface area contributed by atoms with Crippen LogP contribution < -0.4 is 5.32 Å². The largest absolute Gasteiger partial charge is 0.382 e. The van der Waals surface area contributed by atoms with Crippen LogP contribution >= 0.6 is 0 Å². The number of hydrogen-bond donors (Lipinski definition) is 1. The Bertz CT molecular complexity index is 161. The van der Waals surface area contributed by atoms with E-state index in [0.717, 1.165) is 31.1 Å². The maximum Gasteiger partial charge on any atom is 0.0469 e. The summed E-state index contributed by atoms with van der Waals surface area (Å²) in [5.41, 5.74) is 0. The first-order valence-corrected chi connectivity index (χ1v) is 6.56. The highest BCUT2D eigenvalue weighted by Crippen LogP contribution is 2.33. The van der Waals surface area contributed by atoms with Crippen molar-refractivity contribution in [2.24, 2.45) is 11.8 Å². The van der Waals surface area contributed by atoms with E-state index in [4.69, 9.17) is 4.74 Å². The van der Waals surface area contributed by atoms with Gasteiger partial charge in [0.15, 0.2) is 0 Å². The molecular formula is C13H27NO. The zero-order valence-corrected chi connectivity index (χ0v) is 10.6. The fourth-order valence-corrected chi connectivity index (χ4v) is 2.81. The minimum atomic E-state index is 0.730. The molecule has 15 heavy (non-hydrogen) atoms. The Labute approximate surface area is 94.8 Å². The van der Waals surface area contributed by atoms with E-state index in [-0.39, 0.29) is 0 Å². The monoisotopic (exact) mass is 213 g/mol. The topological polar surface area (TPSA) is 21.3 Å². The van der Waals surface area contributed by atoms with Crippen molar-refractivity contribution in [3.8, 4) is 0 Å². The van der Waals surface area contributed by atoms with Gasteiger partial charge >= 0.3 is 0 Å². The standard InChI is InChI=1S/C13H27NO/c1-4-11-6-7-13(14-3)12(10-11)8-9-15-5-2/h11-14H,4-10H2,1-3H3. The third-order valence-electron chi connectivity index (χ3n) is 3.88. The smallest absolute Gasteiger partial charge is 0.0469 e. The molecule has 1 fully saturated rings. The van der Waals surface area contributed by atoms with Gasteiger partial charge in [0.25, 0.3) is 0 Å². The highest BCUT2D eigenvalue weighted by atomic mass is 16.5. The Morgan fingerprint density at radius 3 is 2.67 bits per heavy atom. The molecule has 90 valence electrons. The number of hydrogen-bond acceptors (Lipinski definition) is 2. The summed E-state index contributed by atoms with van der Waals surface area (Å²) < 4.78 is 5.47. The van der Waals surface area contributed by atoms with Gasteiger partial charge in [-0.2, -0.15) is 0 Å². The fraction of sp³-hybridized carbons (Fsp3) is 1.00. The Kier molecular flexibility index (Phi) is 6.26. The average molecular weight is 213 g/mol. The molecule has 0 aromatic carbocycles. The molecule has 1 rings (SSSR count). The second-order valence-electron chi connectivity index (χ2n) is 4.73. The third kappa shape index (κ3) is 4.12. The Balaban J connectivity index is 2.33. The van der Waals surface area contributed by atoms with Crippen LogP contribution in [0.3, 0.4) is 0 Å². The van der Waals surface area contributed by atoms with Crippen LogP contribution in [0.25, 0.3) is 0 Å². The van der Waals surface area contributed by atoms with Crippen molar-refractivity contribution < 1.29 is 4.74 Å². The first-order valence-electron chi connectivity index (χ1n) is 6.56. The minimum absolute atomic E-state index is 0.730. The van der Waals surface area contributed by atoms with Gasteiger partial charge < -0.3 is 10.1 Å². The van der Waals surface area contributed by atoms with Gasteiger partial charge in [-0.25, -0.2) is 0 Å². The zero-order valence-electron chi connectivity index (χ0n) is 10.6. The summed E-state index contributed by atoms with van der Waals surface area (Å²) in [6.45, 7) is 6.19. The van der Waals surface area contributed by atoms with Crippen molar-refractivity contribution in [3.05, 3.63) is 0 Å². The Hall–Kier alpha value is -0.0800. The summed E-state index contributed by atoms with van der Waals surface area (Å²) in [6.07, 6.45) is 6.74. The van der Waals surface area contributed by atoms with Crippen molar-refractivity contribution in [1.82, 2.24) is 5.32 Å². The molecule has 1 saturated carbocycles. The third-order valence-corrected chi connectivity index (χ3v) is 3.88. The summed E-state index contributed by atoms with van der Waals surface area (Å²) >= 11 is 0. The van der Waals surface area contributed by atoms with Gasteiger partial charge in [-0.1, -0.05) is 13.3 Å². The number of nitrogens with one attached hydrogen (secondary N) is 1. The first kappa shape index (κ1) is 13.0. The van der Waals surface area contributed by atoms with E-state index in [1.165, 1.54) is 32.1 Å². The summed E-state index contributed by atoms with van der Waals surface area (Å²) in [7, 11) is 2.10. The normalized spacial score (nSPS) is 31.8. The summed E-state index contributed by atoms with van der Waals surface area (Å²) in [6, 6.07) is 0.730. The number of rotatable bonds is 6. The molecule has 3 atom stereocenters. The lowest BCUT2D eigenvalue weighted by atomic mass is 9.76. The van der Waals surface area contributed by atoms with E-state index in [1.54, 1.807) is 0 Å². The number of ether oxygens (including phenoxy) is 1. The molecule has 0 saturated heterocycles. The average Bonchev–Trinajstić information content (AvgIpc) is 2.29. The van der Waals surface area contributed by atoms with Gasteiger partial charge in [0.1, 0.15) is 0 Å². The van der Waals surface area contributed by atoms with Crippen LogP contribution in [0, 0.1) is 11.8 Å². The highest BCUT2D eigenvalue weighted by molar-refractivity contribution is 4.83. The van der Waals surface area contributed by atoms with Gasteiger partial charge in [0.2, 0.25) is 0 Å². The van der Waals surface area contributed by atoms with Crippen molar-refractivity contribution in [1.29, 1.82) is 0 Å². The van der Waals surface area contributed by atoms with Crippen LogP contribution in [0.2, 0.25) is 0 Å². The molecule has 1 N–H and O–H groups in total. The van der Waals surface area contributed by atoms with Crippen molar-refractivity contribution in [2.75, 3.05) is 20.3 Å². The lowest BCUT2D eigenvalue weighted by Gasteiger charge is -2.35. The van der Waals surface area contributed by atoms with E-state index in [2.05, 4.69) is 26.2 Å². The van der Waals surface area contributed by atoms with Crippen LogP contribution in [-0.4, -0.2) is 26.3 Å². The van der Waals surface area contributed by atoms with Crippen molar-refractivity contribution in [2.45, 2.75) is 52.0 Å². The molecule has 0 aromatic heterocycles. The van der Waals surface area contributed by atoms with Gasteiger partial charge in [-0.3, -0.25) is 0 Å². The maximum absolute atomic E-state index is 5.47. The predicted molar refractivity (Wildman–Crippen MR) is 65.1 cm³/mol. The second-order valence-corrected chi connectivity index (χ2v) is 4.73. The molecule has 3 unspecified atom stereocenters. The Morgan fingerprint density at radius 1 is 1.27 bits per heavy atom. The Morgan fingerprint density at radius 2 is 2.07 bits per heavy atom. The molecule has 0 aromatic rings. The van der Waals surface area contributed by atoms with Gasteiger partial charge in [0, 0.05) is 19.3 Å². The molecule has 0 spiro atoms. The minimum Gasteiger partial charge on any atom is -0.382 e. The van der Waals surface area contributed by atoms with Gasteiger partial charge in [0.05, 0.1) is 0 Å². The van der Waals surface area contributed by atoms with E-state index in [9.17, 15) is 0 Å². The van der Waals surface area contributed by atoms with E-state index < -0.39 is 0 Å². The summed E-state index contributed by atoms with van der Waals surface area (Å²) in [5.74, 6) is 1.79. The van der Waals surface area contributed by atoms with Crippen LogP contribution in [0.1, 0.15) is 46.0 Å². The molecule has 0 radical (unpaired) electrons. The first-order chi connectivity index (χ1) is 7.31. The maximum atomic E-state index is 5.47. The van der Waals surface area contributed by atoms with Crippen LogP contribution in [-0.2, 0) is 4.74 Å². The van der Waals surface area contributed by atoms with E-state index >= 15 is 0 Å². The molecule has 0 heterocycles. The molecular weight excluding hydrogens is 186 g/mol. The fourth-order valence-electron chi connectivity index (χ4n) is 2.81. The molecule has 0 bridgehead atoms. The summed E-state index contributed by atoms with van der Waals surface area (Å²) in [5, 5.41) is 3.47. The molecule has 0 aliphatic heterocycles. The molecule has 0 amide bonds. The van der Waals surface area contributed by atoms with Crippen LogP contribution in [0.4, 0.5) is 0 Å². The van der Waals surface area contributed by atoms with E-state index in [0.29, 0.717) is 0 Å². The molecule has 1 aliphatic carbocycles. The van der Waals surface area contributed by atoms with Crippen molar-refractivity contribution in [3.63, 3.8) is 0 Å².